The average molecular weight is 303 g/mol. The molecule has 2 rings (SSSR count). The Kier molecular flexibility index (Phi) is 6.37. The zero-order valence-corrected chi connectivity index (χ0v) is 12.9. The summed E-state index contributed by atoms with van der Waals surface area (Å²) in [6.45, 7) is 1.36. The molecule has 0 saturated heterocycles. The van der Waals surface area contributed by atoms with Gasteiger partial charge in [0.1, 0.15) is 0 Å². The number of hydrogen-bond donors (Lipinski definition) is 2. The van der Waals surface area contributed by atoms with Crippen molar-refractivity contribution in [3.8, 4) is 0 Å². The van der Waals surface area contributed by atoms with E-state index in [0.717, 1.165) is 30.0 Å². The first kappa shape index (κ1) is 15.7. The minimum atomic E-state index is 0.0311. The van der Waals surface area contributed by atoms with Crippen LogP contribution < -0.4 is 11.1 Å². The molecule has 1 amide bonds. The molecule has 0 saturated carbocycles. The van der Waals surface area contributed by atoms with Crippen LogP contribution in [0.1, 0.15) is 29.1 Å². The van der Waals surface area contributed by atoms with Gasteiger partial charge in [0.15, 0.2) is 0 Å². The van der Waals surface area contributed by atoms with E-state index in [-0.39, 0.29) is 5.91 Å². The van der Waals surface area contributed by atoms with Crippen LogP contribution in [0.25, 0.3) is 0 Å². The largest absolute Gasteiger partial charge is 0.356 e. The summed E-state index contributed by atoms with van der Waals surface area (Å²) in [6.07, 6.45) is 3.05. The number of benzene rings is 1. The SMILES string of the molecule is NCCCCNC(=O)Cc1csc(Cc2ccccc2)n1. The highest BCUT2D eigenvalue weighted by atomic mass is 32.1. The summed E-state index contributed by atoms with van der Waals surface area (Å²) < 4.78 is 0. The highest BCUT2D eigenvalue weighted by molar-refractivity contribution is 7.09. The molecule has 1 aromatic carbocycles. The first-order chi connectivity index (χ1) is 10.3. The summed E-state index contributed by atoms with van der Waals surface area (Å²) in [4.78, 5) is 16.3. The van der Waals surface area contributed by atoms with Gasteiger partial charge in [0.05, 0.1) is 17.1 Å². The fourth-order valence-corrected chi connectivity index (χ4v) is 2.83. The van der Waals surface area contributed by atoms with E-state index < -0.39 is 0 Å². The number of carbonyl (C=O) groups excluding carboxylic acids is 1. The molecule has 1 heterocycles. The molecule has 3 N–H and O–H groups in total. The van der Waals surface area contributed by atoms with Crippen LogP contribution in [0, 0.1) is 0 Å². The van der Waals surface area contributed by atoms with Gasteiger partial charge in [-0.15, -0.1) is 11.3 Å². The van der Waals surface area contributed by atoms with Gasteiger partial charge in [0.2, 0.25) is 5.91 Å². The summed E-state index contributed by atoms with van der Waals surface area (Å²) in [5.74, 6) is 0.0311. The third-order valence-corrected chi connectivity index (χ3v) is 3.99. The third kappa shape index (κ3) is 5.65. The lowest BCUT2D eigenvalue weighted by Gasteiger charge is -2.02. The van der Waals surface area contributed by atoms with Gasteiger partial charge in [-0.25, -0.2) is 4.98 Å². The second kappa shape index (κ2) is 8.54. The molecule has 0 fully saturated rings. The molecule has 0 unspecified atom stereocenters. The number of unbranched alkanes of at least 4 members (excludes halogenated alkanes) is 1. The van der Waals surface area contributed by atoms with Crippen molar-refractivity contribution in [3.63, 3.8) is 0 Å². The van der Waals surface area contributed by atoms with Gasteiger partial charge in [0.25, 0.3) is 0 Å². The summed E-state index contributed by atoms with van der Waals surface area (Å²) in [7, 11) is 0. The molecule has 0 aliphatic rings. The Hall–Kier alpha value is -1.72. The number of nitrogens with zero attached hydrogens (tertiary/aromatic N) is 1. The number of rotatable bonds is 8. The molecule has 0 radical (unpaired) electrons. The summed E-state index contributed by atoms with van der Waals surface area (Å²) in [5.41, 5.74) is 7.50. The van der Waals surface area contributed by atoms with Gasteiger partial charge in [0, 0.05) is 18.3 Å². The topological polar surface area (TPSA) is 68.0 Å². The molecule has 0 spiro atoms. The molecule has 0 aliphatic heterocycles. The summed E-state index contributed by atoms with van der Waals surface area (Å²) >= 11 is 1.61. The zero-order chi connectivity index (χ0) is 14.9. The first-order valence-electron chi connectivity index (χ1n) is 7.22. The fourth-order valence-electron chi connectivity index (χ4n) is 2.01. The third-order valence-electron chi connectivity index (χ3n) is 3.09. The molecule has 0 atom stereocenters. The Morgan fingerprint density at radius 2 is 2.05 bits per heavy atom. The molecular formula is C16H21N3OS. The summed E-state index contributed by atoms with van der Waals surface area (Å²) in [5, 5.41) is 5.91. The molecule has 2 aromatic rings. The molecule has 0 aliphatic carbocycles. The molecule has 4 nitrogen and oxygen atoms in total. The van der Waals surface area contributed by atoms with Crippen LogP contribution in [0.5, 0.6) is 0 Å². The van der Waals surface area contributed by atoms with E-state index in [1.165, 1.54) is 5.56 Å². The van der Waals surface area contributed by atoms with Gasteiger partial charge < -0.3 is 11.1 Å². The smallest absolute Gasteiger partial charge is 0.226 e. The van der Waals surface area contributed by atoms with Crippen LogP contribution in [0.3, 0.4) is 0 Å². The van der Waals surface area contributed by atoms with Crippen molar-refractivity contribution in [2.24, 2.45) is 5.73 Å². The number of nitrogens with two attached hydrogens (primary N) is 1. The number of aromatic nitrogens is 1. The zero-order valence-electron chi connectivity index (χ0n) is 12.0. The normalized spacial score (nSPS) is 10.5. The lowest BCUT2D eigenvalue weighted by Crippen LogP contribution is -2.26. The maximum atomic E-state index is 11.8. The molecule has 21 heavy (non-hydrogen) atoms. The average Bonchev–Trinajstić information content (AvgIpc) is 2.92. The molecule has 5 heteroatoms. The number of hydrogen-bond acceptors (Lipinski definition) is 4. The van der Waals surface area contributed by atoms with Gasteiger partial charge in [-0.1, -0.05) is 30.3 Å². The highest BCUT2D eigenvalue weighted by Crippen LogP contribution is 2.15. The molecule has 1 aromatic heterocycles. The quantitative estimate of drug-likeness (QED) is 0.734. The van der Waals surface area contributed by atoms with Gasteiger partial charge in [-0.05, 0) is 24.9 Å². The Balaban J connectivity index is 1.79. The van der Waals surface area contributed by atoms with Crippen molar-refractivity contribution in [1.82, 2.24) is 10.3 Å². The Morgan fingerprint density at radius 3 is 2.81 bits per heavy atom. The second-order valence-electron chi connectivity index (χ2n) is 4.92. The number of thiazole rings is 1. The van der Waals surface area contributed by atoms with E-state index in [4.69, 9.17) is 5.73 Å². The van der Waals surface area contributed by atoms with Crippen molar-refractivity contribution in [2.75, 3.05) is 13.1 Å². The van der Waals surface area contributed by atoms with E-state index >= 15 is 0 Å². The predicted molar refractivity (Wildman–Crippen MR) is 86.4 cm³/mol. The lowest BCUT2D eigenvalue weighted by atomic mass is 10.2. The van der Waals surface area contributed by atoms with E-state index in [0.29, 0.717) is 19.5 Å². The first-order valence-corrected chi connectivity index (χ1v) is 8.10. The predicted octanol–water partition coefficient (Wildman–Crippen LogP) is 2.13. The van der Waals surface area contributed by atoms with E-state index in [1.807, 2.05) is 23.6 Å². The molecule has 112 valence electrons. The van der Waals surface area contributed by atoms with E-state index in [2.05, 4.69) is 22.4 Å². The summed E-state index contributed by atoms with van der Waals surface area (Å²) in [6, 6.07) is 10.2. The highest BCUT2D eigenvalue weighted by Gasteiger charge is 2.07. The van der Waals surface area contributed by atoms with Crippen molar-refractivity contribution in [1.29, 1.82) is 0 Å². The number of carbonyl (C=O) groups is 1. The second-order valence-corrected chi connectivity index (χ2v) is 5.86. The number of nitrogens with one attached hydrogen (secondary N) is 1. The van der Waals surface area contributed by atoms with Crippen molar-refractivity contribution < 1.29 is 4.79 Å². The van der Waals surface area contributed by atoms with Crippen LogP contribution in [0.15, 0.2) is 35.7 Å². The van der Waals surface area contributed by atoms with Crippen LogP contribution in [0.2, 0.25) is 0 Å². The molecule has 0 bridgehead atoms. The van der Waals surface area contributed by atoms with Crippen LogP contribution in [0.4, 0.5) is 0 Å². The lowest BCUT2D eigenvalue weighted by molar-refractivity contribution is -0.120. The van der Waals surface area contributed by atoms with Gasteiger partial charge >= 0.3 is 0 Å². The Labute approximate surface area is 129 Å². The van der Waals surface area contributed by atoms with E-state index in [9.17, 15) is 4.79 Å². The van der Waals surface area contributed by atoms with Gasteiger partial charge in [-0.3, -0.25) is 4.79 Å². The van der Waals surface area contributed by atoms with Crippen LogP contribution >= 0.6 is 11.3 Å². The van der Waals surface area contributed by atoms with E-state index in [1.54, 1.807) is 11.3 Å². The fraction of sp³-hybridized carbons (Fsp3) is 0.375. The minimum Gasteiger partial charge on any atom is -0.356 e. The van der Waals surface area contributed by atoms with Crippen molar-refractivity contribution in [2.45, 2.75) is 25.7 Å². The number of amides is 1. The monoisotopic (exact) mass is 303 g/mol. The maximum Gasteiger partial charge on any atom is 0.226 e. The Bertz CT molecular complexity index is 554. The molecular weight excluding hydrogens is 282 g/mol. The van der Waals surface area contributed by atoms with Crippen LogP contribution in [-0.2, 0) is 17.6 Å². The standard InChI is InChI=1S/C16H21N3OS/c17-8-4-5-9-18-15(20)11-14-12-21-16(19-14)10-13-6-2-1-3-7-13/h1-3,6-7,12H,4-5,8-11,17H2,(H,18,20). The van der Waals surface area contributed by atoms with Gasteiger partial charge in [-0.2, -0.15) is 0 Å². The van der Waals surface area contributed by atoms with Crippen LogP contribution in [-0.4, -0.2) is 24.0 Å². The Morgan fingerprint density at radius 1 is 1.24 bits per heavy atom. The minimum absolute atomic E-state index is 0.0311. The van der Waals surface area contributed by atoms with Crippen molar-refractivity contribution >= 4 is 17.2 Å². The maximum absolute atomic E-state index is 11.8. The van der Waals surface area contributed by atoms with Crippen molar-refractivity contribution in [3.05, 3.63) is 52.0 Å².